The van der Waals surface area contributed by atoms with Gasteiger partial charge in [0.15, 0.2) is 0 Å². The molecule has 0 aromatic rings. The zero-order valence-corrected chi connectivity index (χ0v) is 11.8. The molecule has 6 heteroatoms. The Hall–Kier alpha value is -1.59. The lowest BCUT2D eigenvalue weighted by atomic mass is 9.74. The van der Waals surface area contributed by atoms with E-state index < -0.39 is 16.8 Å². The van der Waals surface area contributed by atoms with E-state index in [9.17, 15) is 19.5 Å². The molecule has 0 spiro atoms. The van der Waals surface area contributed by atoms with E-state index in [-0.39, 0.29) is 18.4 Å². The second-order valence-corrected chi connectivity index (χ2v) is 5.99. The monoisotopic (exact) mass is 282 g/mol. The summed E-state index contributed by atoms with van der Waals surface area (Å²) in [7, 11) is 1.51. The molecule has 2 amide bonds. The standard InChI is InChI=1S/C14H22N2O4/c1-15-10(17)14(7-8-14)11(18)16-9-13(12(19)20)5-3-2-4-6-13/h2-9H2,1H3,(H,15,17)(H,16,18)(H,19,20). The van der Waals surface area contributed by atoms with Gasteiger partial charge in [0.1, 0.15) is 5.41 Å². The Morgan fingerprint density at radius 2 is 1.60 bits per heavy atom. The van der Waals surface area contributed by atoms with E-state index in [1.54, 1.807) is 0 Å². The highest BCUT2D eigenvalue weighted by molar-refractivity contribution is 6.07. The molecule has 0 radical (unpaired) electrons. The maximum absolute atomic E-state index is 12.2. The highest BCUT2D eigenvalue weighted by Gasteiger charge is 2.56. The fraction of sp³-hybridized carbons (Fsp3) is 0.786. The topological polar surface area (TPSA) is 95.5 Å². The van der Waals surface area contributed by atoms with Gasteiger partial charge in [-0.25, -0.2) is 0 Å². The summed E-state index contributed by atoms with van der Waals surface area (Å²) in [5.41, 5.74) is -1.81. The summed E-state index contributed by atoms with van der Waals surface area (Å²) in [6, 6.07) is 0. The van der Waals surface area contributed by atoms with Crippen molar-refractivity contribution in [3.63, 3.8) is 0 Å². The summed E-state index contributed by atoms with van der Waals surface area (Å²) in [5, 5.41) is 14.7. The van der Waals surface area contributed by atoms with E-state index in [0.717, 1.165) is 19.3 Å². The van der Waals surface area contributed by atoms with Crippen molar-refractivity contribution in [2.24, 2.45) is 10.8 Å². The first-order chi connectivity index (χ1) is 9.47. The fourth-order valence-corrected chi connectivity index (χ4v) is 3.03. The van der Waals surface area contributed by atoms with Crippen LogP contribution in [-0.4, -0.2) is 36.5 Å². The average molecular weight is 282 g/mol. The van der Waals surface area contributed by atoms with Crippen LogP contribution in [0.4, 0.5) is 0 Å². The molecule has 3 N–H and O–H groups in total. The number of carboxylic acid groups (broad SMARTS) is 1. The summed E-state index contributed by atoms with van der Waals surface area (Å²) in [6.45, 7) is 0.125. The Morgan fingerprint density at radius 1 is 1.00 bits per heavy atom. The van der Waals surface area contributed by atoms with Gasteiger partial charge in [0.05, 0.1) is 5.41 Å². The first-order valence-corrected chi connectivity index (χ1v) is 7.21. The van der Waals surface area contributed by atoms with E-state index in [4.69, 9.17) is 0 Å². The van der Waals surface area contributed by atoms with Gasteiger partial charge in [0, 0.05) is 13.6 Å². The minimum Gasteiger partial charge on any atom is -0.481 e. The van der Waals surface area contributed by atoms with Crippen LogP contribution in [0.5, 0.6) is 0 Å². The molecule has 2 aliphatic carbocycles. The number of nitrogens with one attached hydrogen (secondary N) is 2. The van der Waals surface area contributed by atoms with Crippen molar-refractivity contribution in [3.05, 3.63) is 0 Å². The zero-order chi connectivity index (χ0) is 14.8. The fourth-order valence-electron chi connectivity index (χ4n) is 3.03. The van der Waals surface area contributed by atoms with Crippen molar-refractivity contribution in [2.45, 2.75) is 44.9 Å². The van der Waals surface area contributed by atoms with Crippen LogP contribution >= 0.6 is 0 Å². The number of carbonyl (C=O) groups is 3. The predicted octanol–water partition coefficient (Wildman–Crippen LogP) is 0.664. The Kier molecular flexibility index (Phi) is 4.01. The number of carbonyl (C=O) groups excluding carboxylic acids is 2. The minimum atomic E-state index is -0.955. The Bertz CT molecular complexity index is 423. The molecule has 2 aliphatic rings. The van der Waals surface area contributed by atoms with E-state index in [1.165, 1.54) is 7.05 Å². The first kappa shape index (κ1) is 14.8. The summed E-state index contributed by atoms with van der Waals surface area (Å²) in [5.74, 6) is -1.45. The van der Waals surface area contributed by atoms with E-state index in [1.807, 2.05) is 0 Å². The van der Waals surface area contributed by atoms with Gasteiger partial charge >= 0.3 is 5.97 Å². The van der Waals surface area contributed by atoms with Crippen molar-refractivity contribution in [1.29, 1.82) is 0 Å². The smallest absolute Gasteiger partial charge is 0.311 e. The lowest BCUT2D eigenvalue weighted by molar-refractivity contribution is -0.151. The van der Waals surface area contributed by atoms with Gasteiger partial charge < -0.3 is 15.7 Å². The van der Waals surface area contributed by atoms with Crippen LogP contribution in [0, 0.1) is 10.8 Å². The Morgan fingerprint density at radius 3 is 2.05 bits per heavy atom. The molecule has 0 heterocycles. The number of hydrogen-bond acceptors (Lipinski definition) is 3. The van der Waals surface area contributed by atoms with Crippen LogP contribution in [0.25, 0.3) is 0 Å². The Balaban J connectivity index is 1.98. The van der Waals surface area contributed by atoms with Crippen molar-refractivity contribution in [1.82, 2.24) is 10.6 Å². The van der Waals surface area contributed by atoms with Gasteiger partial charge in [0.25, 0.3) is 0 Å². The molecule has 6 nitrogen and oxygen atoms in total. The third-order valence-electron chi connectivity index (χ3n) is 4.70. The quantitative estimate of drug-likeness (QED) is 0.646. The maximum Gasteiger partial charge on any atom is 0.311 e. The number of carboxylic acids is 1. The van der Waals surface area contributed by atoms with Crippen LogP contribution in [-0.2, 0) is 14.4 Å². The van der Waals surface area contributed by atoms with Crippen LogP contribution in [0.2, 0.25) is 0 Å². The second kappa shape index (κ2) is 5.42. The van der Waals surface area contributed by atoms with Crippen LogP contribution in [0.15, 0.2) is 0 Å². The maximum atomic E-state index is 12.2. The molecule has 2 saturated carbocycles. The lowest BCUT2D eigenvalue weighted by Gasteiger charge is -2.33. The molecular formula is C14H22N2O4. The van der Waals surface area contributed by atoms with Crippen LogP contribution in [0.3, 0.4) is 0 Å². The molecule has 0 aliphatic heterocycles. The van der Waals surface area contributed by atoms with Gasteiger partial charge in [0.2, 0.25) is 11.8 Å². The number of rotatable bonds is 5. The molecular weight excluding hydrogens is 260 g/mol. The lowest BCUT2D eigenvalue weighted by Crippen LogP contribution is -2.48. The van der Waals surface area contributed by atoms with Crippen molar-refractivity contribution >= 4 is 17.8 Å². The molecule has 0 atom stereocenters. The summed E-state index contributed by atoms with van der Waals surface area (Å²) in [6.07, 6.45) is 5.07. The summed E-state index contributed by atoms with van der Waals surface area (Å²) in [4.78, 5) is 35.4. The van der Waals surface area contributed by atoms with E-state index in [0.29, 0.717) is 25.7 Å². The molecule has 0 unspecified atom stereocenters. The molecule has 2 fully saturated rings. The van der Waals surface area contributed by atoms with Crippen molar-refractivity contribution in [3.8, 4) is 0 Å². The third-order valence-corrected chi connectivity index (χ3v) is 4.70. The molecule has 112 valence electrons. The predicted molar refractivity (Wildman–Crippen MR) is 71.9 cm³/mol. The van der Waals surface area contributed by atoms with Gasteiger partial charge in [-0.2, -0.15) is 0 Å². The number of hydrogen-bond donors (Lipinski definition) is 3. The molecule has 0 aromatic heterocycles. The SMILES string of the molecule is CNC(=O)C1(C(=O)NCC2(C(=O)O)CCCCC2)CC1. The van der Waals surface area contributed by atoms with Crippen molar-refractivity contribution in [2.75, 3.05) is 13.6 Å². The molecule has 2 rings (SSSR count). The minimum absolute atomic E-state index is 0.125. The average Bonchev–Trinajstić information content (AvgIpc) is 3.26. The van der Waals surface area contributed by atoms with Crippen LogP contribution < -0.4 is 10.6 Å². The highest BCUT2D eigenvalue weighted by Crippen LogP contribution is 2.46. The molecule has 0 aromatic carbocycles. The van der Waals surface area contributed by atoms with Gasteiger partial charge in [-0.1, -0.05) is 19.3 Å². The number of amides is 2. The van der Waals surface area contributed by atoms with Gasteiger partial charge in [-0.3, -0.25) is 14.4 Å². The van der Waals surface area contributed by atoms with Crippen molar-refractivity contribution < 1.29 is 19.5 Å². The highest BCUT2D eigenvalue weighted by atomic mass is 16.4. The van der Waals surface area contributed by atoms with E-state index in [2.05, 4.69) is 10.6 Å². The summed E-state index contributed by atoms with van der Waals surface area (Å²) < 4.78 is 0. The molecule has 20 heavy (non-hydrogen) atoms. The zero-order valence-electron chi connectivity index (χ0n) is 11.8. The third kappa shape index (κ3) is 2.51. The largest absolute Gasteiger partial charge is 0.481 e. The van der Waals surface area contributed by atoms with Crippen LogP contribution in [0.1, 0.15) is 44.9 Å². The van der Waals surface area contributed by atoms with Gasteiger partial charge in [-0.05, 0) is 25.7 Å². The Labute approximate surface area is 118 Å². The normalized spacial score (nSPS) is 22.6. The molecule has 0 saturated heterocycles. The summed E-state index contributed by atoms with van der Waals surface area (Å²) >= 11 is 0. The molecule has 0 bridgehead atoms. The number of aliphatic carboxylic acids is 1. The van der Waals surface area contributed by atoms with Gasteiger partial charge in [-0.15, -0.1) is 0 Å². The van der Waals surface area contributed by atoms with E-state index >= 15 is 0 Å². The second-order valence-electron chi connectivity index (χ2n) is 5.99. The first-order valence-electron chi connectivity index (χ1n) is 7.21.